The van der Waals surface area contributed by atoms with E-state index in [9.17, 15) is 14.4 Å². The Morgan fingerprint density at radius 1 is 1.02 bits per heavy atom. The molecular formula is C36H32N2O6S. The summed E-state index contributed by atoms with van der Waals surface area (Å²) in [6.45, 7) is 5.49. The third-order valence-electron chi connectivity index (χ3n) is 7.79. The molecule has 3 heterocycles. The smallest absolute Gasteiger partial charge is 0.338 e. The van der Waals surface area contributed by atoms with Crippen molar-refractivity contribution in [3.05, 3.63) is 121 Å². The Morgan fingerprint density at radius 2 is 1.80 bits per heavy atom. The second-order valence-corrected chi connectivity index (χ2v) is 11.7. The van der Waals surface area contributed by atoms with Crippen molar-refractivity contribution in [2.75, 3.05) is 13.7 Å². The normalized spacial score (nSPS) is 14.8. The number of benzene rings is 3. The lowest BCUT2D eigenvalue weighted by Gasteiger charge is -2.28. The van der Waals surface area contributed by atoms with Crippen molar-refractivity contribution in [1.29, 1.82) is 0 Å². The van der Waals surface area contributed by atoms with Gasteiger partial charge in [0.1, 0.15) is 23.3 Å². The zero-order valence-corrected chi connectivity index (χ0v) is 26.3. The highest BCUT2D eigenvalue weighted by Crippen LogP contribution is 2.41. The van der Waals surface area contributed by atoms with E-state index in [0.29, 0.717) is 55.4 Å². The van der Waals surface area contributed by atoms with Gasteiger partial charge < -0.3 is 13.9 Å². The lowest BCUT2D eigenvalue weighted by molar-refractivity contribution is -0.139. The maximum atomic E-state index is 14.3. The molecule has 0 bridgehead atoms. The molecule has 45 heavy (non-hydrogen) atoms. The van der Waals surface area contributed by atoms with Crippen LogP contribution in [0.5, 0.6) is 5.75 Å². The number of carbonyl (C=O) groups is 2. The predicted molar refractivity (Wildman–Crippen MR) is 174 cm³/mol. The van der Waals surface area contributed by atoms with Gasteiger partial charge in [-0.2, -0.15) is 0 Å². The molecule has 2 aromatic heterocycles. The highest BCUT2D eigenvalue weighted by molar-refractivity contribution is 7.07. The van der Waals surface area contributed by atoms with Gasteiger partial charge in [-0.15, -0.1) is 0 Å². The van der Waals surface area contributed by atoms with Crippen molar-refractivity contribution in [1.82, 2.24) is 4.57 Å². The minimum absolute atomic E-state index is 0.00954. The molecule has 0 aliphatic carbocycles. The van der Waals surface area contributed by atoms with Crippen LogP contribution in [-0.4, -0.2) is 30.0 Å². The summed E-state index contributed by atoms with van der Waals surface area (Å²) >= 11 is 1.24. The molecule has 0 fully saturated rings. The van der Waals surface area contributed by atoms with Crippen LogP contribution >= 0.6 is 11.3 Å². The van der Waals surface area contributed by atoms with Crippen LogP contribution in [0.2, 0.25) is 0 Å². The lowest BCUT2D eigenvalue weighted by Crippen LogP contribution is -2.40. The van der Waals surface area contributed by atoms with Crippen molar-refractivity contribution in [3.63, 3.8) is 0 Å². The Morgan fingerprint density at radius 3 is 2.51 bits per heavy atom. The number of allylic oxidation sites excluding steroid dienone is 1. The number of furan rings is 1. The first kappa shape index (κ1) is 30.0. The average Bonchev–Trinajstić information content (AvgIpc) is 3.64. The molecule has 0 radical (unpaired) electrons. The SMILES string of the molecule is CCCC1=C(C(=O)OCC)[C@@H](c2c(OC)ccc3ccccc23)n2c(s/c(=C\c3ccc(-c4ccc(C(C)=O)cc4)o3)c2=O)=N1. The summed E-state index contributed by atoms with van der Waals surface area (Å²) in [7, 11) is 1.58. The molecular weight excluding hydrogens is 588 g/mol. The molecule has 1 aliphatic rings. The summed E-state index contributed by atoms with van der Waals surface area (Å²) in [5.74, 6) is 1.13. The zero-order chi connectivity index (χ0) is 31.7. The van der Waals surface area contributed by atoms with E-state index in [2.05, 4.69) is 0 Å². The highest BCUT2D eigenvalue weighted by Gasteiger charge is 2.37. The number of nitrogens with zero attached hydrogens (tertiary/aromatic N) is 2. The standard InChI is InChI=1S/C36H32N2O6S/c1-5-9-27-32(35(41)43-6-2)33(31-26-11-8-7-10-23(26)16-18-29(31)42-4)38-34(40)30(45-36(38)37-27)20-25-17-19-28(44-25)24-14-12-22(13-15-24)21(3)39/h7-8,10-20,33H,5-6,9H2,1-4H3/b30-20-/t33-/m1/s1. The number of aromatic nitrogens is 1. The summed E-state index contributed by atoms with van der Waals surface area (Å²) in [6.07, 6.45) is 2.98. The molecule has 228 valence electrons. The van der Waals surface area contributed by atoms with Crippen molar-refractivity contribution in [3.8, 4) is 17.1 Å². The Hall–Kier alpha value is -5.02. The minimum atomic E-state index is -0.822. The van der Waals surface area contributed by atoms with Crippen LogP contribution < -0.4 is 19.6 Å². The highest BCUT2D eigenvalue weighted by atomic mass is 32.1. The molecule has 6 rings (SSSR count). The maximum Gasteiger partial charge on any atom is 0.338 e. The summed E-state index contributed by atoms with van der Waals surface area (Å²) in [5.41, 5.74) is 2.75. The number of thiazole rings is 1. The predicted octanol–water partition coefficient (Wildman–Crippen LogP) is 6.20. The van der Waals surface area contributed by atoms with Gasteiger partial charge in [-0.3, -0.25) is 14.2 Å². The summed E-state index contributed by atoms with van der Waals surface area (Å²) in [4.78, 5) is 45.0. The number of carbonyl (C=O) groups excluding carboxylic acids is 2. The minimum Gasteiger partial charge on any atom is -0.496 e. The van der Waals surface area contributed by atoms with E-state index in [0.717, 1.165) is 22.8 Å². The number of esters is 1. The van der Waals surface area contributed by atoms with Gasteiger partial charge in [-0.1, -0.05) is 79.3 Å². The molecule has 0 spiro atoms. The van der Waals surface area contributed by atoms with E-state index in [1.807, 2.05) is 61.5 Å². The van der Waals surface area contributed by atoms with E-state index in [4.69, 9.17) is 18.9 Å². The topological polar surface area (TPSA) is 100 Å². The van der Waals surface area contributed by atoms with E-state index >= 15 is 0 Å². The molecule has 1 atom stereocenters. The second-order valence-electron chi connectivity index (χ2n) is 10.7. The van der Waals surface area contributed by atoms with Gasteiger partial charge >= 0.3 is 5.97 Å². The molecule has 8 nitrogen and oxygen atoms in total. The molecule has 0 saturated heterocycles. The first-order valence-electron chi connectivity index (χ1n) is 14.8. The number of hydrogen-bond acceptors (Lipinski definition) is 8. The molecule has 0 saturated carbocycles. The fourth-order valence-electron chi connectivity index (χ4n) is 5.71. The first-order chi connectivity index (χ1) is 21.8. The molecule has 0 unspecified atom stereocenters. The van der Waals surface area contributed by atoms with Crippen molar-refractivity contribution in [2.45, 2.75) is 39.7 Å². The molecule has 0 amide bonds. The van der Waals surface area contributed by atoms with Crippen LogP contribution in [0.4, 0.5) is 0 Å². The van der Waals surface area contributed by atoms with Gasteiger partial charge in [-0.05, 0) is 49.2 Å². The summed E-state index contributed by atoms with van der Waals surface area (Å²) < 4.78 is 19.5. The summed E-state index contributed by atoms with van der Waals surface area (Å²) in [5, 5.41) is 1.81. The summed E-state index contributed by atoms with van der Waals surface area (Å²) in [6, 6.07) is 21.6. The fourth-order valence-corrected chi connectivity index (χ4v) is 6.71. The van der Waals surface area contributed by atoms with Gasteiger partial charge in [0.05, 0.1) is 29.5 Å². The third kappa shape index (κ3) is 5.55. The van der Waals surface area contributed by atoms with Crippen LogP contribution in [0.3, 0.4) is 0 Å². The Kier molecular flexibility index (Phi) is 8.36. The number of ether oxygens (including phenoxy) is 2. The lowest BCUT2D eigenvalue weighted by atomic mass is 9.90. The number of Topliss-reactive ketones (excluding diaryl/α,β-unsaturated/α-hetero) is 1. The van der Waals surface area contributed by atoms with Gasteiger partial charge in [0, 0.05) is 22.8 Å². The monoisotopic (exact) mass is 620 g/mol. The molecule has 9 heteroatoms. The molecule has 5 aromatic rings. The third-order valence-corrected chi connectivity index (χ3v) is 8.78. The molecule has 0 N–H and O–H groups in total. The van der Waals surface area contributed by atoms with Crippen molar-refractivity contribution in [2.24, 2.45) is 4.99 Å². The number of hydrogen-bond donors (Lipinski definition) is 0. The van der Waals surface area contributed by atoms with Crippen LogP contribution in [-0.2, 0) is 9.53 Å². The second kappa shape index (κ2) is 12.5. The van der Waals surface area contributed by atoms with Gasteiger partial charge in [-0.25, -0.2) is 9.79 Å². The van der Waals surface area contributed by atoms with E-state index < -0.39 is 12.0 Å². The number of rotatable bonds is 9. The zero-order valence-electron chi connectivity index (χ0n) is 25.5. The van der Waals surface area contributed by atoms with Crippen LogP contribution in [0, 0.1) is 0 Å². The molecule has 3 aromatic carbocycles. The number of fused-ring (bicyclic) bond motifs is 2. The van der Waals surface area contributed by atoms with E-state index in [1.165, 1.54) is 18.3 Å². The van der Waals surface area contributed by atoms with Gasteiger partial charge in [0.25, 0.3) is 5.56 Å². The Labute approximate surface area is 263 Å². The quantitative estimate of drug-likeness (QED) is 0.144. The van der Waals surface area contributed by atoms with Crippen LogP contribution in [0.15, 0.2) is 98.3 Å². The van der Waals surface area contributed by atoms with Crippen LogP contribution in [0.1, 0.15) is 61.3 Å². The number of ketones is 1. The van der Waals surface area contributed by atoms with E-state index in [-0.39, 0.29) is 17.9 Å². The Bertz CT molecular complexity index is 2150. The number of methoxy groups -OCH3 is 1. The van der Waals surface area contributed by atoms with Gasteiger partial charge in [0.15, 0.2) is 10.6 Å². The fraction of sp³-hybridized carbons (Fsp3) is 0.222. The van der Waals surface area contributed by atoms with Crippen molar-refractivity contribution < 1.29 is 23.5 Å². The van der Waals surface area contributed by atoms with Crippen LogP contribution in [0.25, 0.3) is 28.2 Å². The van der Waals surface area contributed by atoms with Gasteiger partial charge in [0.2, 0.25) is 0 Å². The first-order valence-corrected chi connectivity index (χ1v) is 15.6. The van der Waals surface area contributed by atoms with Crippen molar-refractivity contribution >= 4 is 39.9 Å². The Balaban J connectivity index is 1.56. The maximum absolute atomic E-state index is 14.3. The molecule has 1 aliphatic heterocycles. The van der Waals surface area contributed by atoms with E-state index in [1.54, 1.807) is 42.9 Å². The average molecular weight is 621 g/mol. The largest absolute Gasteiger partial charge is 0.496 e.